The van der Waals surface area contributed by atoms with Crippen LogP contribution in [0.5, 0.6) is 5.75 Å². The average molecular weight is 608 g/mol. The van der Waals surface area contributed by atoms with E-state index in [4.69, 9.17) is 32.5 Å². The van der Waals surface area contributed by atoms with Crippen molar-refractivity contribution < 1.29 is 23.5 Å². The van der Waals surface area contributed by atoms with E-state index in [2.05, 4.69) is 15.6 Å². The fraction of sp³-hybridized carbons (Fsp3) is 0.406. The van der Waals surface area contributed by atoms with E-state index in [1.807, 2.05) is 13.0 Å². The molecule has 9 nitrogen and oxygen atoms in total. The third-order valence-corrected chi connectivity index (χ3v) is 9.36. The number of nitrogen functional groups attached to an aromatic ring is 1. The summed E-state index contributed by atoms with van der Waals surface area (Å²) in [6.07, 6.45) is 7.23. The Balaban J connectivity index is 1.31. The summed E-state index contributed by atoms with van der Waals surface area (Å²) in [5.41, 5.74) is 12.5. The summed E-state index contributed by atoms with van der Waals surface area (Å²) in [6, 6.07) is 8.11. The minimum Gasteiger partial charge on any atom is -0.495 e. The summed E-state index contributed by atoms with van der Waals surface area (Å²) in [4.78, 5) is 30.6. The molecule has 2 atom stereocenters. The molecule has 2 heterocycles. The zero-order chi connectivity index (χ0) is 30.7. The molecular formula is C32H35ClFN5O4. The Morgan fingerprint density at radius 1 is 1.26 bits per heavy atom. The second kappa shape index (κ2) is 10.3. The first-order valence-electron chi connectivity index (χ1n) is 14.3. The predicted octanol–water partition coefficient (Wildman–Crippen LogP) is 4.34. The van der Waals surface area contributed by atoms with Crippen LogP contribution in [0.25, 0.3) is 0 Å². The quantitative estimate of drug-likeness (QED) is 0.247. The van der Waals surface area contributed by atoms with Crippen molar-refractivity contribution in [1.29, 1.82) is 0 Å². The van der Waals surface area contributed by atoms with Gasteiger partial charge in [0.15, 0.2) is 0 Å². The molecule has 11 heteroatoms. The molecule has 43 heavy (non-hydrogen) atoms. The number of primary amides is 1. The van der Waals surface area contributed by atoms with Crippen LogP contribution in [0, 0.1) is 16.6 Å². The number of allylic oxidation sites excluding steroid dienone is 1. The number of benzene rings is 2. The molecule has 2 aromatic carbocycles. The maximum atomic E-state index is 15.4. The second-order valence-corrected chi connectivity index (χ2v) is 12.8. The number of amides is 2. The number of methoxy groups -OCH3 is 1. The third kappa shape index (κ3) is 5.01. The van der Waals surface area contributed by atoms with Crippen molar-refractivity contribution in [1.82, 2.24) is 10.6 Å². The molecule has 4 aliphatic rings. The van der Waals surface area contributed by atoms with Crippen LogP contribution in [-0.2, 0) is 15.1 Å². The van der Waals surface area contributed by atoms with Gasteiger partial charge in [-0.05, 0) is 69.9 Å². The van der Waals surface area contributed by atoms with Gasteiger partial charge in [-0.1, -0.05) is 17.7 Å². The molecule has 0 bridgehead atoms. The molecule has 2 aliphatic heterocycles. The van der Waals surface area contributed by atoms with Gasteiger partial charge in [0, 0.05) is 51.2 Å². The van der Waals surface area contributed by atoms with E-state index in [1.54, 1.807) is 37.4 Å². The number of rotatable bonds is 9. The van der Waals surface area contributed by atoms with Gasteiger partial charge < -0.3 is 31.6 Å². The van der Waals surface area contributed by atoms with E-state index in [1.165, 1.54) is 13.2 Å². The summed E-state index contributed by atoms with van der Waals surface area (Å²) in [5.74, 6) is -0.503. The van der Waals surface area contributed by atoms with Crippen molar-refractivity contribution in [2.75, 3.05) is 26.0 Å². The highest BCUT2D eigenvalue weighted by Crippen LogP contribution is 2.56. The maximum Gasteiger partial charge on any atom is 0.251 e. The van der Waals surface area contributed by atoms with Crippen LogP contribution in [0.2, 0.25) is 5.02 Å². The number of nitrogens with two attached hydrogens (primary N) is 2. The molecule has 2 fully saturated rings. The Bertz CT molecular complexity index is 1630. The lowest BCUT2D eigenvalue weighted by molar-refractivity contribution is -0.125. The van der Waals surface area contributed by atoms with Crippen LogP contribution < -0.4 is 26.8 Å². The molecule has 0 radical (unpaired) electrons. The van der Waals surface area contributed by atoms with E-state index in [0.717, 1.165) is 31.4 Å². The summed E-state index contributed by atoms with van der Waals surface area (Å²) in [5, 5.41) is 6.87. The maximum absolute atomic E-state index is 15.4. The van der Waals surface area contributed by atoms with Crippen LogP contribution in [0.3, 0.4) is 0 Å². The molecule has 2 amide bonds. The van der Waals surface area contributed by atoms with E-state index in [0.29, 0.717) is 52.0 Å². The molecule has 2 aliphatic carbocycles. The predicted molar refractivity (Wildman–Crippen MR) is 162 cm³/mol. The number of carbonyl (C=O) groups excluding carboxylic acids is 2. The lowest BCUT2D eigenvalue weighted by atomic mass is 9.75. The topological polar surface area (TPSA) is 141 Å². The molecule has 1 unspecified atom stereocenters. The summed E-state index contributed by atoms with van der Waals surface area (Å²) >= 11 is 6.07. The van der Waals surface area contributed by atoms with E-state index in [9.17, 15) is 9.59 Å². The SMILES string of the molecule is COc1cc(C(=O)NCC2(C3=CC4=C(OC[C@]4(C)C(N)=O)C(C)(c4ccc(Cl)cc4F)N3)CC2)cc(C=NC2CC2)c1N. The zero-order valence-electron chi connectivity index (χ0n) is 24.4. The van der Waals surface area contributed by atoms with Crippen LogP contribution in [0.15, 0.2) is 58.4 Å². The van der Waals surface area contributed by atoms with Gasteiger partial charge in [-0.2, -0.15) is 0 Å². The third-order valence-electron chi connectivity index (χ3n) is 9.13. The van der Waals surface area contributed by atoms with Gasteiger partial charge in [-0.25, -0.2) is 4.39 Å². The normalized spacial score (nSPS) is 25.5. The number of aliphatic imine (C=N–C) groups is 1. The molecule has 2 saturated carbocycles. The zero-order valence-corrected chi connectivity index (χ0v) is 25.1. The number of halogens is 2. The van der Waals surface area contributed by atoms with Crippen LogP contribution in [-0.4, -0.2) is 44.3 Å². The highest BCUT2D eigenvalue weighted by molar-refractivity contribution is 6.30. The number of dihydropyridines is 1. The lowest BCUT2D eigenvalue weighted by Crippen LogP contribution is -2.48. The van der Waals surface area contributed by atoms with Crippen molar-refractivity contribution in [3.8, 4) is 5.75 Å². The first kappa shape index (κ1) is 29.0. The van der Waals surface area contributed by atoms with Crippen molar-refractivity contribution >= 4 is 35.3 Å². The van der Waals surface area contributed by atoms with Gasteiger partial charge in [-0.3, -0.25) is 14.6 Å². The second-order valence-electron chi connectivity index (χ2n) is 12.3. The minimum absolute atomic E-state index is 0.0400. The van der Waals surface area contributed by atoms with Gasteiger partial charge in [-0.15, -0.1) is 0 Å². The van der Waals surface area contributed by atoms with Gasteiger partial charge in [0.2, 0.25) is 5.91 Å². The molecule has 0 spiro atoms. The smallest absolute Gasteiger partial charge is 0.251 e. The number of nitrogens with zero attached hydrogens (tertiary/aromatic N) is 1. The highest BCUT2D eigenvalue weighted by atomic mass is 35.5. The summed E-state index contributed by atoms with van der Waals surface area (Å²) < 4.78 is 26.9. The first-order valence-corrected chi connectivity index (χ1v) is 14.7. The van der Waals surface area contributed by atoms with Crippen LogP contribution in [0.1, 0.15) is 61.0 Å². The molecule has 6 N–H and O–H groups in total. The monoisotopic (exact) mass is 607 g/mol. The number of anilines is 1. The van der Waals surface area contributed by atoms with E-state index in [-0.39, 0.29) is 17.5 Å². The Hall–Kier alpha value is -4.05. The number of carbonyl (C=O) groups is 2. The van der Waals surface area contributed by atoms with E-state index >= 15 is 4.39 Å². The minimum atomic E-state index is -1.15. The van der Waals surface area contributed by atoms with Gasteiger partial charge in [0.25, 0.3) is 5.91 Å². The number of ether oxygens (including phenoxy) is 2. The summed E-state index contributed by atoms with van der Waals surface area (Å²) in [6.45, 7) is 3.89. The first-order chi connectivity index (χ1) is 20.4. The Kier molecular flexibility index (Phi) is 6.95. The largest absolute Gasteiger partial charge is 0.495 e. The molecule has 226 valence electrons. The van der Waals surface area contributed by atoms with Gasteiger partial charge in [0.05, 0.1) is 18.8 Å². The van der Waals surface area contributed by atoms with Crippen molar-refractivity contribution in [3.05, 3.63) is 81.0 Å². The fourth-order valence-corrected chi connectivity index (χ4v) is 6.01. The van der Waals surface area contributed by atoms with Gasteiger partial charge in [0.1, 0.15) is 34.9 Å². The Morgan fingerprint density at radius 3 is 2.63 bits per heavy atom. The fourth-order valence-electron chi connectivity index (χ4n) is 5.85. The Labute approximate surface area is 254 Å². The number of nitrogens with one attached hydrogen (secondary N) is 2. The number of hydrogen-bond acceptors (Lipinski definition) is 7. The number of hydrogen-bond donors (Lipinski definition) is 4. The standard InChI is InChI=1S/C32H35ClFN5O4/c1-30(29(36)41)16-43-27-22(30)13-25(39-31(27,2)21-7-4-19(33)12-23(21)34)32(8-9-32)15-38-28(40)17-10-18(14-37-20-5-6-20)26(35)24(11-17)42-3/h4,7,10-14,20,39H,5-6,8-9,15-16,35H2,1-3H3,(H2,36,41)(H,38,40)/t30-,31?/m0/s1. The molecule has 0 saturated heterocycles. The van der Waals surface area contributed by atoms with Crippen LogP contribution in [0.4, 0.5) is 10.1 Å². The summed E-state index contributed by atoms with van der Waals surface area (Å²) in [7, 11) is 1.51. The van der Waals surface area contributed by atoms with E-state index < -0.39 is 28.1 Å². The molecular weight excluding hydrogens is 573 g/mol. The van der Waals surface area contributed by atoms with Crippen molar-refractivity contribution in [2.24, 2.45) is 21.6 Å². The molecule has 0 aromatic heterocycles. The average Bonchev–Trinajstić information content (AvgIpc) is 3.90. The van der Waals surface area contributed by atoms with Crippen molar-refractivity contribution in [3.63, 3.8) is 0 Å². The van der Waals surface area contributed by atoms with Crippen molar-refractivity contribution in [2.45, 2.75) is 51.1 Å². The lowest BCUT2D eigenvalue weighted by Gasteiger charge is -2.40. The Morgan fingerprint density at radius 2 is 2.00 bits per heavy atom. The molecule has 6 rings (SSSR count). The van der Waals surface area contributed by atoms with Crippen LogP contribution >= 0.6 is 11.6 Å². The molecule has 2 aromatic rings. The van der Waals surface area contributed by atoms with Gasteiger partial charge >= 0.3 is 0 Å². The highest BCUT2D eigenvalue weighted by Gasteiger charge is 2.56.